The van der Waals surface area contributed by atoms with Crippen molar-refractivity contribution < 1.29 is 9.59 Å². The van der Waals surface area contributed by atoms with Crippen LogP contribution in [0.25, 0.3) is 0 Å². The predicted molar refractivity (Wildman–Crippen MR) is 112 cm³/mol. The number of hydrogen-bond donors (Lipinski definition) is 2. The number of para-hydroxylation sites is 1. The van der Waals surface area contributed by atoms with E-state index in [4.69, 9.17) is 0 Å². The lowest BCUT2D eigenvalue weighted by atomic mass is 10.1. The molecule has 1 aromatic rings. The molecule has 6 nitrogen and oxygen atoms in total. The number of nitrogens with zero attached hydrogens (tertiary/aromatic N) is 2. The Morgan fingerprint density at radius 2 is 1.59 bits per heavy atom. The van der Waals surface area contributed by atoms with Crippen molar-refractivity contribution in [3.05, 3.63) is 24.3 Å². The largest absolute Gasteiger partial charge is 0.350 e. The number of anilines is 1. The highest BCUT2D eigenvalue weighted by Crippen LogP contribution is 2.24. The maximum Gasteiger partial charge on any atom is 0.238 e. The molecule has 2 N–H and O–H groups in total. The SMILES string of the molecule is CSc1ccccc1NC(=O)CN1CCCN(CC(=O)NC(C)(C)C)CC1. The molecule has 1 aliphatic rings. The molecule has 2 amide bonds. The molecule has 1 fully saturated rings. The Morgan fingerprint density at radius 1 is 1.00 bits per heavy atom. The molecule has 0 aromatic heterocycles. The highest BCUT2D eigenvalue weighted by Gasteiger charge is 2.21. The standard InChI is InChI=1S/C20H32N4O2S/c1-20(2,3)22-19(26)15-24-11-7-10-23(12-13-24)14-18(25)21-16-8-5-6-9-17(16)27-4/h5-6,8-9H,7,10-15H2,1-4H3,(H,21,25)(H,22,26). The molecule has 0 spiro atoms. The summed E-state index contributed by atoms with van der Waals surface area (Å²) in [5.41, 5.74) is 0.658. The smallest absolute Gasteiger partial charge is 0.238 e. The molecule has 0 bridgehead atoms. The monoisotopic (exact) mass is 392 g/mol. The molecular formula is C20H32N4O2S. The molecule has 0 saturated carbocycles. The minimum absolute atomic E-state index is 0.00965. The lowest BCUT2D eigenvalue weighted by Gasteiger charge is -2.25. The third-order valence-corrected chi connectivity index (χ3v) is 5.11. The summed E-state index contributed by atoms with van der Waals surface area (Å²) < 4.78 is 0. The second-order valence-electron chi connectivity index (χ2n) is 7.95. The molecule has 1 aliphatic heterocycles. The average molecular weight is 393 g/mol. The van der Waals surface area contributed by atoms with E-state index in [1.807, 2.05) is 51.3 Å². The zero-order chi connectivity index (χ0) is 19.9. The van der Waals surface area contributed by atoms with Gasteiger partial charge in [0.05, 0.1) is 18.8 Å². The molecule has 1 saturated heterocycles. The van der Waals surface area contributed by atoms with Gasteiger partial charge in [0.15, 0.2) is 0 Å². The molecule has 150 valence electrons. The van der Waals surface area contributed by atoms with Gasteiger partial charge in [-0.05, 0) is 58.7 Å². The quantitative estimate of drug-likeness (QED) is 0.727. The van der Waals surface area contributed by atoms with Crippen molar-refractivity contribution in [3.8, 4) is 0 Å². The summed E-state index contributed by atoms with van der Waals surface area (Å²) in [5.74, 6) is 0.0674. The van der Waals surface area contributed by atoms with Crippen molar-refractivity contribution in [3.63, 3.8) is 0 Å². The Bertz CT molecular complexity index is 645. The normalized spacial score (nSPS) is 16.6. The van der Waals surface area contributed by atoms with Crippen LogP contribution >= 0.6 is 11.8 Å². The lowest BCUT2D eigenvalue weighted by Crippen LogP contribution is -2.46. The zero-order valence-electron chi connectivity index (χ0n) is 16.9. The summed E-state index contributed by atoms with van der Waals surface area (Å²) >= 11 is 1.62. The Morgan fingerprint density at radius 3 is 2.19 bits per heavy atom. The average Bonchev–Trinajstić information content (AvgIpc) is 2.78. The van der Waals surface area contributed by atoms with E-state index in [9.17, 15) is 9.59 Å². The van der Waals surface area contributed by atoms with Crippen molar-refractivity contribution in [2.75, 3.05) is 50.8 Å². The van der Waals surface area contributed by atoms with E-state index < -0.39 is 0 Å². The van der Waals surface area contributed by atoms with Crippen molar-refractivity contribution in [1.29, 1.82) is 0 Å². The van der Waals surface area contributed by atoms with Crippen LogP contribution in [0.4, 0.5) is 5.69 Å². The van der Waals surface area contributed by atoms with Gasteiger partial charge in [0, 0.05) is 23.5 Å². The number of carbonyl (C=O) groups is 2. The topological polar surface area (TPSA) is 64.7 Å². The molecular weight excluding hydrogens is 360 g/mol. The number of thioether (sulfide) groups is 1. The van der Waals surface area contributed by atoms with Crippen LogP contribution in [0, 0.1) is 0 Å². The van der Waals surface area contributed by atoms with Crippen molar-refractivity contribution >= 4 is 29.3 Å². The summed E-state index contributed by atoms with van der Waals surface area (Å²) in [7, 11) is 0. The minimum Gasteiger partial charge on any atom is -0.350 e. The fourth-order valence-electron chi connectivity index (χ4n) is 3.14. The van der Waals surface area contributed by atoms with E-state index in [1.54, 1.807) is 11.8 Å². The van der Waals surface area contributed by atoms with E-state index in [-0.39, 0.29) is 17.4 Å². The van der Waals surface area contributed by atoms with Crippen LogP contribution in [0.5, 0.6) is 0 Å². The molecule has 0 aliphatic carbocycles. The van der Waals surface area contributed by atoms with Crippen LogP contribution in [-0.2, 0) is 9.59 Å². The predicted octanol–water partition coefficient (Wildman–Crippen LogP) is 2.27. The van der Waals surface area contributed by atoms with Crippen LogP contribution < -0.4 is 10.6 Å². The first-order chi connectivity index (χ1) is 12.8. The van der Waals surface area contributed by atoms with Gasteiger partial charge in [-0.25, -0.2) is 0 Å². The molecule has 27 heavy (non-hydrogen) atoms. The first kappa shape index (κ1) is 21.7. The van der Waals surface area contributed by atoms with Crippen LogP contribution in [0.2, 0.25) is 0 Å². The molecule has 7 heteroatoms. The van der Waals surface area contributed by atoms with Gasteiger partial charge in [-0.3, -0.25) is 19.4 Å². The fraction of sp³-hybridized carbons (Fsp3) is 0.600. The van der Waals surface area contributed by atoms with Gasteiger partial charge in [-0.15, -0.1) is 11.8 Å². The van der Waals surface area contributed by atoms with E-state index in [2.05, 4.69) is 20.4 Å². The number of hydrogen-bond acceptors (Lipinski definition) is 5. The Hall–Kier alpha value is -1.57. The highest BCUT2D eigenvalue weighted by atomic mass is 32.2. The number of nitrogens with one attached hydrogen (secondary N) is 2. The molecule has 1 heterocycles. The highest BCUT2D eigenvalue weighted by molar-refractivity contribution is 7.98. The second kappa shape index (κ2) is 10.1. The van der Waals surface area contributed by atoms with Crippen LogP contribution in [0.1, 0.15) is 27.2 Å². The number of rotatable bonds is 6. The minimum atomic E-state index is -0.208. The van der Waals surface area contributed by atoms with E-state index >= 15 is 0 Å². The third kappa shape index (κ3) is 7.91. The van der Waals surface area contributed by atoms with Crippen LogP contribution in [0.3, 0.4) is 0 Å². The first-order valence-corrected chi connectivity index (χ1v) is 10.7. The van der Waals surface area contributed by atoms with E-state index in [0.717, 1.165) is 43.2 Å². The van der Waals surface area contributed by atoms with Gasteiger partial charge < -0.3 is 10.6 Å². The van der Waals surface area contributed by atoms with Crippen LogP contribution in [0.15, 0.2) is 29.2 Å². The van der Waals surface area contributed by atoms with E-state index in [1.165, 1.54) is 0 Å². The molecule has 0 unspecified atom stereocenters. The van der Waals surface area contributed by atoms with Gasteiger partial charge in [-0.1, -0.05) is 12.1 Å². The summed E-state index contributed by atoms with van der Waals surface area (Å²) in [5, 5.41) is 6.03. The Kier molecular flexibility index (Phi) is 8.13. The first-order valence-electron chi connectivity index (χ1n) is 9.45. The lowest BCUT2D eigenvalue weighted by molar-refractivity contribution is -0.123. The number of amides is 2. The summed E-state index contributed by atoms with van der Waals surface area (Å²) in [6.07, 6.45) is 2.96. The fourth-order valence-corrected chi connectivity index (χ4v) is 3.70. The molecule has 2 rings (SSSR count). The molecule has 1 aromatic carbocycles. The van der Waals surface area contributed by atoms with E-state index in [0.29, 0.717) is 13.1 Å². The summed E-state index contributed by atoms with van der Waals surface area (Å²) in [6.45, 7) is 10.1. The maximum absolute atomic E-state index is 12.4. The van der Waals surface area contributed by atoms with Gasteiger partial charge in [-0.2, -0.15) is 0 Å². The van der Waals surface area contributed by atoms with Gasteiger partial charge in [0.2, 0.25) is 11.8 Å². The Balaban J connectivity index is 1.80. The van der Waals surface area contributed by atoms with Gasteiger partial charge in [0.1, 0.15) is 0 Å². The van der Waals surface area contributed by atoms with Crippen LogP contribution in [-0.4, -0.2) is 72.7 Å². The van der Waals surface area contributed by atoms with Crippen molar-refractivity contribution in [1.82, 2.24) is 15.1 Å². The second-order valence-corrected chi connectivity index (χ2v) is 8.80. The molecule has 0 radical (unpaired) electrons. The number of benzene rings is 1. The van der Waals surface area contributed by atoms with Gasteiger partial charge in [0.25, 0.3) is 0 Å². The van der Waals surface area contributed by atoms with Gasteiger partial charge >= 0.3 is 0 Å². The zero-order valence-corrected chi connectivity index (χ0v) is 17.7. The van der Waals surface area contributed by atoms with Crippen molar-refractivity contribution in [2.45, 2.75) is 37.6 Å². The number of carbonyl (C=O) groups excluding carboxylic acids is 2. The maximum atomic E-state index is 12.4. The van der Waals surface area contributed by atoms with Crippen molar-refractivity contribution in [2.24, 2.45) is 0 Å². The third-order valence-electron chi connectivity index (χ3n) is 4.31. The summed E-state index contributed by atoms with van der Waals surface area (Å²) in [4.78, 5) is 30.0. The Labute approximate surface area is 167 Å². The molecule has 0 atom stereocenters. The summed E-state index contributed by atoms with van der Waals surface area (Å²) in [6, 6.07) is 7.84.